The third-order valence-corrected chi connectivity index (χ3v) is 11.1. The molecule has 0 N–H and O–H groups in total. The van der Waals surface area contributed by atoms with Crippen molar-refractivity contribution in [3.63, 3.8) is 0 Å². The van der Waals surface area contributed by atoms with Crippen LogP contribution < -0.4 is 0 Å². The third-order valence-electron chi connectivity index (χ3n) is 11.1. The van der Waals surface area contributed by atoms with Gasteiger partial charge in [0.25, 0.3) is 0 Å². The molecule has 0 bridgehead atoms. The standard InChI is InChI=1S/C64H100O6/c1-4-7-10-13-16-18-20-22-24-25-26-27-28-29-30-31-32-33-34-35-36-37-38-39-41-42-44-46-48-51-54-57-63(66)69-60-61(59-68-62(65)56-53-50-15-12-9-6-3)70-64(67)58-55-52-49-47-45-43-40-23-21-19-17-14-11-8-5-2/h7-8,10-11,16-19,22-24,26-27,29-30,32-33,35-36,38-40,42,44,61H,4-6,9,12-15,20-21,25,28,31,34,37,41,43,45-60H2,1-3H3/b10-7-,11-8-,18-16-,19-17-,24-22-,27-26-,30-29-,33-32-,36-35-,39-38-,40-23-,44-42-. The lowest BCUT2D eigenvalue weighted by atomic mass is 10.1. The van der Waals surface area contributed by atoms with Crippen molar-refractivity contribution in [1.82, 2.24) is 0 Å². The molecule has 0 heterocycles. The van der Waals surface area contributed by atoms with Gasteiger partial charge in [0.2, 0.25) is 0 Å². The Labute approximate surface area is 429 Å². The van der Waals surface area contributed by atoms with Gasteiger partial charge < -0.3 is 14.2 Å². The number of hydrogen-bond donors (Lipinski definition) is 0. The molecule has 6 nitrogen and oxygen atoms in total. The Morgan fingerprint density at radius 1 is 0.300 bits per heavy atom. The van der Waals surface area contributed by atoms with Crippen molar-refractivity contribution in [2.75, 3.05) is 13.2 Å². The van der Waals surface area contributed by atoms with Gasteiger partial charge in [0, 0.05) is 19.3 Å². The summed E-state index contributed by atoms with van der Waals surface area (Å²) in [6.07, 6.45) is 81.6. The quantitative estimate of drug-likeness (QED) is 0.0262. The average Bonchev–Trinajstić information content (AvgIpc) is 3.36. The van der Waals surface area contributed by atoms with E-state index < -0.39 is 6.10 Å². The minimum Gasteiger partial charge on any atom is -0.462 e. The molecule has 0 radical (unpaired) electrons. The maximum Gasteiger partial charge on any atom is 0.306 e. The van der Waals surface area contributed by atoms with Crippen molar-refractivity contribution in [2.24, 2.45) is 0 Å². The first-order chi connectivity index (χ1) is 34.5. The molecule has 0 rings (SSSR count). The molecule has 0 fully saturated rings. The fourth-order valence-electron chi connectivity index (χ4n) is 6.98. The van der Waals surface area contributed by atoms with Gasteiger partial charge in [-0.2, -0.15) is 0 Å². The van der Waals surface area contributed by atoms with Crippen molar-refractivity contribution in [3.05, 3.63) is 146 Å². The predicted octanol–water partition coefficient (Wildman–Crippen LogP) is 18.8. The Morgan fingerprint density at radius 2 is 0.557 bits per heavy atom. The molecule has 0 spiro atoms. The molecule has 0 saturated heterocycles. The summed E-state index contributed by atoms with van der Waals surface area (Å²) in [6.45, 7) is 6.28. The van der Waals surface area contributed by atoms with Crippen LogP contribution in [0.5, 0.6) is 0 Å². The van der Waals surface area contributed by atoms with Crippen molar-refractivity contribution in [2.45, 2.75) is 226 Å². The summed E-state index contributed by atoms with van der Waals surface area (Å²) in [7, 11) is 0. The maximum absolute atomic E-state index is 12.8. The number of carbonyl (C=O) groups excluding carboxylic acids is 3. The second-order valence-corrected chi connectivity index (χ2v) is 17.7. The summed E-state index contributed by atoms with van der Waals surface area (Å²) < 4.78 is 16.7. The Kier molecular flexibility index (Phi) is 53.0. The van der Waals surface area contributed by atoms with Crippen LogP contribution in [0.2, 0.25) is 0 Å². The fraction of sp³-hybridized carbons (Fsp3) is 0.578. The van der Waals surface area contributed by atoms with Gasteiger partial charge in [-0.3, -0.25) is 14.4 Å². The summed E-state index contributed by atoms with van der Waals surface area (Å²) in [5.41, 5.74) is 0. The molecule has 1 atom stereocenters. The molecule has 1 unspecified atom stereocenters. The summed E-state index contributed by atoms with van der Waals surface area (Å²) >= 11 is 0. The van der Waals surface area contributed by atoms with Crippen LogP contribution in [-0.2, 0) is 28.6 Å². The van der Waals surface area contributed by atoms with E-state index in [2.05, 4.69) is 167 Å². The number of unbranched alkanes of at least 4 members (excludes halogenated alkanes) is 13. The first kappa shape index (κ1) is 65.3. The number of carbonyl (C=O) groups is 3. The van der Waals surface area contributed by atoms with Gasteiger partial charge in [0.1, 0.15) is 13.2 Å². The van der Waals surface area contributed by atoms with Gasteiger partial charge in [-0.05, 0) is 122 Å². The van der Waals surface area contributed by atoms with E-state index in [1.807, 2.05) is 0 Å². The SMILES string of the molecule is CC/C=C\C/C=C\C/C=C\C/C=C\C/C=C\C/C=C\C/C=C\C/C=C\C/C=C\CCCCCC(=O)OCC(COC(=O)CCCCCCCC)OC(=O)CCCCCCC/C=C\C/C=C\C/C=C\CC. The molecule has 0 aliphatic rings. The normalized spacial score (nSPS) is 13.2. The van der Waals surface area contributed by atoms with E-state index in [0.717, 1.165) is 161 Å². The fourth-order valence-corrected chi connectivity index (χ4v) is 6.98. The minimum absolute atomic E-state index is 0.101. The molecule has 0 aromatic rings. The Hall–Kier alpha value is -4.71. The van der Waals surface area contributed by atoms with Crippen LogP contribution in [0, 0.1) is 0 Å². The summed E-state index contributed by atoms with van der Waals surface area (Å²) in [6, 6.07) is 0. The van der Waals surface area contributed by atoms with Gasteiger partial charge in [0.15, 0.2) is 6.10 Å². The zero-order valence-electron chi connectivity index (χ0n) is 44.7. The smallest absolute Gasteiger partial charge is 0.306 e. The van der Waals surface area contributed by atoms with Crippen LogP contribution in [0.25, 0.3) is 0 Å². The topological polar surface area (TPSA) is 78.9 Å². The first-order valence-electron chi connectivity index (χ1n) is 27.8. The number of esters is 3. The molecule has 0 aromatic heterocycles. The molecular weight excluding hydrogens is 865 g/mol. The van der Waals surface area contributed by atoms with E-state index in [4.69, 9.17) is 14.2 Å². The van der Waals surface area contributed by atoms with E-state index in [-0.39, 0.29) is 31.1 Å². The van der Waals surface area contributed by atoms with Crippen molar-refractivity contribution < 1.29 is 28.6 Å². The van der Waals surface area contributed by atoms with Gasteiger partial charge in [-0.15, -0.1) is 0 Å². The predicted molar refractivity (Wildman–Crippen MR) is 302 cm³/mol. The minimum atomic E-state index is -0.803. The van der Waals surface area contributed by atoms with Crippen LogP contribution in [0.4, 0.5) is 0 Å². The summed E-state index contributed by atoms with van der Waals surface area (Å²) in [5, 5.41) is 0. The first-order valence-corrected chi connectivity index (χ1v) is 27.8. The highest BCUT2D eigenvalue weighted by Crippen LogP contribution is 2.12. The Bertz CT molecular complexity index is 1580. The molecule has 0 saturated carbocycles. The van der Waals surface area contributed by atoms with Gasteiger partial charge in [-0.25, -0.2) is 0 Å². The van der Waals surface area contributed by atoms with Crippen molar-refractivity contribution >= 4 is 17.9 Å². The molecule has 70 heavy (non-hydrogen) atoms. The highest BCUT2D eigenvalue weighted by molar-refractivity contribution is 5.71. The van der Waals surface area contributed by atoms with Gasteiger partial charge in [0.05, 0.1) is 0 Å². The van der Waals surface area contributed by atoms with Gasteiger partial charge in [-0.1, -0.05) is 224 Å². The molecule has 0 amide bonds. The molecule has 0 aromatic carbocycles. The van der Waals surface area contributed by atoms with E-state index in [9.17, 15) is 14.4 Å². The van der Waals surface area contributed by atoms with Crippen molar-refractivity contribution in [3.8, 4) is 0 Å². The largest absolute Gasteiger partial charge is 0.462 e. The van der Waals surface area contributed by atoms with Crippen LogP contribution in [0.1, 0.15) is 220 Å². The lowest BCUT2D eigenvalue weighted by Crippen LogP contribution is -2.30. The molecular formula is C64H100O6. The van der Waals surface area contributed by atoms with Gasteiger partial charge >= 0.3 is 17.9 Å². The third kappa shape index (κ3) is 54.2. The van der Waals surface area contributed by atoms with E-state index >= 15 is 0 Å². The highest BCUT2D eigenvalue weighted by atomic mass is 16.6. The summed E-state index contributed by atoms with van der Waals surface area (Å²) in [4.78, 5) is 37.8. The molecule has 6 heteroatoms. The van der Waals surface area contributed by atoms with Crippen LogP contribution in [0.3, 0.4) is 0 Å². The number of hydrogen-bond acceptors (Lipinski definition) is 6. The molecule has 0 aliphatic carbocycles. The second-order valence-electron chi connectivity index (χ2n) is 17.7. The lowest BCUT2D eigenvalue weighted by molar-refractivity contribution is -0.167. The monoisotopic (exact) mass is 965 g/mol. The van der Waals surface area contributed by atoms with E-state index in [1.54, 1.807) is 0 Å². The second kappa shape index (κ2) is 56.9. The summed E-state index contributed by atoms with van der Waals surface area (Å²) in [5.74, 6) is -0.973. The Balaban J connectivity index is 4.25. The van der Waals surface area contributed by atoms with Crippen LogP contribution in [-0.4, -0.2) is 37.2 Å². The maximum atomic E-state index is 12.8. The van der Waals surface area contributed by atoms with E-state index in [1.165, 1.54) is 19.3 Å². The number of rotatable bonds is 48. The van der Waals surface area contributed by atoms with Crippen LogP contribution in [0.15, 0.2) is 146 Å². The zero-order chi connectivity index (χ0) is 50.7. The number of allylic oxidation sites excluding steroid dienone is 24. The highest BCUT2D eigenvalue weighted by Gasteiger charge is 2.19. The lowest BCUT2D eigenvalue weighted by Gasteiger charge is -2.18. The van der Waals surface area contributed by atoms with Crippen molar-refractivity contribution in [1.29, 1.82) is 0 Å². The zero-order valence-corrected chi connectivity index (χ0v) is 44.7. The number of ether oxygens (including phenoxy) is 3. The Morgan fingerprint density at radius 3 is 0.886 bits per heavy atom. The van der Waals surface area contributed by atoms with Crippen LogP contribution >= 0.6 is 0 Å². The molecule has 392 valence electrons. The van der Waals surface area contributed by atoms with E-state index in [0.29, 0.717) is 19.3 Å². The molecule has 0 aliphatic heterocycles. The average molecular weight is 965 g/mol.